The van der Waals surface area contributed by atoms with Crippen LogP contribution in [0.15, 0.2) is 12.1 Å². The van der Waals surface area contributed by atoms with Crippen molar-refractivity contribution in [2.24, 2.45) is 0 Å². The number of hydrogen-bond donors (Lipinski definition) is 0. The molecule has 186 valence electrons. The zero-order valence-corrected chi connectivity index (χ0v) is 20.1. The summed E-state index contributed by atoms with van der Waals surface area (Å²) in [5.74, 6) is 0.882. The predicted molar refractivity (Wildman–Crippen MR) is 120 cm³/mol. The Morgan fingerprint density at radius 1 is 1.15 bits per heavy atom. The van der Waals surface area contributed by atoms with E-state index in [9.17, 15) is 9.59 Å². The standard InChI is InChI=1S/C25H33NO8/c1-26-9-8-24-21-16-4-5-18(30-3)22(21)33-23(24)17(27)6-7-25(24,19(26)14-16)34-20(28)15-32-13-12-31-11-10-29-2/h4-5,19,23H,6-15H2,1-3H3/t19-,23+,24+,25?/m1/s1. The number of nitrogens with zero attached hydrogens (tertiary/aromatic N) is 1. The molecule has 1 aromatic carbocycles. The molecule has 2 fully saturated rings. The molecule has 0 amide bonds. The van der Waals surface area contributed by atoms with Crippen LogP contribution in [0.5, 0.6) is 11.5 Å². The van der Waals surface area contributed by atoms with Crippen molar-refractivity contribution < 1.29 is 38.0 Å². The van der Waals surface area contributed by atoms with E-state index in [1.54, 1.807) is 14.2 Å². The molecule has 0 aromatic heterocycles. The first-order valence-corrected chi connectivity index (χ1v) is 11.9. The lowest BCUT2D eigenvalue weighted by Crippen LogP contribution is -2.77. The number of methoxy groups -OCH3 is 2. The Bertz CT molecular complexity index is 966. The summed E-state index contributed by atoms with van der Waals surface area (Å²) in [4.78, 5) is 28.5. The number of likely N-dealkylation sites (N-methyl/N-ethyl adjacent to an activating group) is 1. The van der Waals surface area contributed by atoms with Crippen LogP contribution in [0, 0.1) is 0 Å². The third-order valence-corrected chi connectivity index (χ3v) is 8.01. The van der Waals surface area contributed by atoms with Crippen LogP contribution in [0.2, 0.25) is 0 Å². The van der Waals surface area contributed by atoms with Gasteiger partial charge >= 0.3 is 5.97 Å². The van der Waals surface area contributed by atoms with E-state index in [2.05, 4.69) is 18.0 Å². The second kappa shape index (κ2) is 9.11. The van der Waals surface area contributed by atoms with Crippen LogP contribution in [0.4, 0.5) is 0 Å². The molecule has 4 atom stereocenters. The predicted octanol–water partition coefficient (Wildman–Crippen LogP) is 1.28. The molecule has 1 spiro atoms. The second-order valence-corrected chi connectivity index (χ2v) is 9.54. The van der Waals surface area contributed by atoms with E-state index in [4.69, 9.17) is 28.4 Å². The Morgan fingerprint density at radius 3 is 2.74 bits per heavy atom. The largest absolute Gasteiger partial charge is 0.493 e. The highest BCUT2D eigenvalue weighted by molar-refractivity contribution is 5.90. The van der Waals surface area contributed by atoms with Gasteiger partial charge in [-0.15, -0.1) is 0 Å². The molecule has 1 saturated heterocycles. The van der Waals surface area contributed by atoms with Gasteiger partial charge in [-0.25, -0.2) is 4.79 Å². The minimum Gasteiger partial charge on any atom is -0.493 e. The zero-order chi connectivity index (χ0) is 23.9. The number of ketones is 1. The van der Waals surface area contributed by atoms with Crippen LogP contribution in [0.1, 0.15) is 30.4 Å². The summed E-state index contributed by atoms with van der Waals surface area (Å²) in [6, 6.07) is 3.92. The Morgan fingerprint density at radius 2 is 1.94 bits per heavy atom. The minimum absolute atomic E-state index is 0.0476. The van der Waals surface area contributed by atoms with Gasteiger partial charge in [0, 0.05) is 19.1 Å². The van der Waals surface area contributed by atoms with Gasteiger partial charge in [-0.3, -0.25) is 9.69 Å². The first kappa shape index (κ1) is 23.5. The molecule has 9 heteroatoms. The van der Waals surface area contributed by atoms with E-state index in [1.165, 1.54) is 0 Å². The van der Waals surface area contributed by atoms with Crippen molar-refractivity contribution in [2.45, 2.75) is 48.8 Å². The highest BCUT2D eigenvalue weighted by Gasteiger charge is 2.75. The van der Waals surface area contributed by atoms with Crippen LogP contribution in [0.3, 0.4) is 0 Å². The van der Waals surface area contributed by atoms with Crippen molar-refractivity contribution in [2.75, 3.05) is 60.8 Å². The van der Waals surface area contributed by atoms with Crippen molar-refractivity contribution in [1.29, 1.82) is 0 Å². The van der Waals surface area contributed by atoms with Crippen molar-refractivity contribution in [3.63, 3.8) is 0 Å². The van der Waals surface area contributed by atoms with Crippen LogP contribution in [-0.4, -0.2) is 95.2 Å². The Hall–Kier alpha value is -2.20. The van der Waals surface area contributed by atoms with Crippen LogP contribution < -0.4 is 9.47 Å². The van der Waals surface area contributed by atoms with E-state index in [0.717, 1.165) is 24.1 Å². The number of likely N-dealkylation sites (tertiary alicyclic amines) is 1. The van der Waals surface area contributed by atoms with E-state index >= 15 is 0 Å². The van der Waals surface area contributed by atoms with Crippen molar-refractivity contribution in [1.82, 2.24) is 4.90 Å². The smallest absolute Gasteiger partial charge is 0.332 e. The first-order valence-electron chi connectivity index (χ1n) is 11.9. The lowest BCUT2D eigenvalue weighted by Gasteiger charge is -2.63. The number of benzene rings is 1. The summed E-state index contributed by atoms with van der Waals surface area (Å²) in [6.45, 7) is 2.27. The monoisotopic (exact) mass is 475 g/mol. The molecule has 0 N–H and O–H groups in total. The topological polar surface area (TPSA) is 92.8 Å². The van der Waals surface area contributed by atoms with E-state index in [-0.39, 0.29) is 25.0 Å². The average Bonchev–Trinajstić information content (AvgIpc) is 3.19. The number of hydrogen-bond acceptors (Lipinski definition) is 9. The SMILES string of the molecule is COCCOCCOCC(=O)OC12CCC(=O)[C@@H]3Oc4c(OC)ccc5c4[C@@]31CCN(C)[C@@H]2C5. The first-order chi connectivity index (χ1) is 16.5. The summed E-state index contributed by atoms with van der Waals surface area (Å²) >= 11 is 0. The fraction of sp³-hybridized carbons (Fsp3) is 0.680. The maximum Gasteiger partial charge on any atom is 0.332 e. The quantitative estimate of drug-likeness (QED) is 0.366. The molecule has 34 heavy (non-hydrogen) atoms. The molecular weight excluding hydrogens is 442 g/mol. The molecule has 2 aliphatic carbocycles. The van der Waals surface area contributed by atoms with E-state index < -0.39 is 23.1 Å². The highest BCUT2D eigenvalue weighted by Crippen LogP contribution is 2.65. The van der Waals surface area contributed by atoms with E-state index in [1.807, 2.05) is 6.07 Å². The fourth-order valence-electron chi connectivity index (χ4n) is 6.61. The molecule has 1 aromatic rings. The van der Waals surface area contributed by atoms with Gasteiger partial charge in [0.2, 0.25) is 0 Å². The Kier molecular flexibility index (Phi) is 6.31. The van der Waals surface area contributed by atoms with E-state index in [0.29, 0.717) is 50.6 Å². The molecule has 5 rings (SSSR count). The summed E-state index contributed by atoms with van der Waals surface area (Å²) < 4.78 is 34.2. The molecule has 1 saturated carbocycles. The van der Waals surface area contributed by atoms with Gasteiger partial charge in [-0.2, -0.15) is 0 Å². The van der Waals surface area contributed by atoms with Gasteiger partial charge in [-0.05, 0) is 44.5 Å². The maximum atomic E-state index is 13.2. The fourth-order valence-corrected chi connectivity index (χ4v) is 6.61. The van der Waals surface area contributed by atoms with Crippen LogP contribution >= 0.6 is 0 Å². The summed E-state index contributed by atoms with van der Waals surface area (Å²) in [7, 11) is 5.29. The summed E-state index contributed by atoms with van der Waals surface area (Å²) in [6.07, 6.45) is 1.50. The molecule has 4 aliphatic rings. The van der Waals surface area contributed by atoms with Gasteiger partial charge < -0.3 is 28.4 Å². The minimum atomic E-state index is -0.863. The zero-order valence-electron chi connectivity index (χ0n) is 20.1. The van der Waals surface area contributed by atoms with Gasteiger partial charge in [0.25, 0.3) is 0 Å². The number of Topliss-reactive ketones (excluding diaryl/α,β-unsaturated/α-hetero) is 1. The normalized spacial score (nSPS) is 31.1. The molecule has 1 unspecified atom stereocenters. The van der Waals surface area contributed by atoms with Crippen molar-refractivity contribution in [3.8, 4) is 11.5 Å². The number of ether oxygens (including phenoxy) is 6. The lowest BCUT2D eigenvalue weighted by atomic mass is 9.49. The van der Waals surface area contributed by atoms with Crippen LogP contribution in [0.25, 0.3) is 0 Å². The highest BCUT2D eigenvalue weighted by atomic mass is 16.6. The number of carbonyl (C=O) groups is 2. The second-order valence-electron chi connectivity index (χ2n) is 9.54. The van der Waals surface area contributed by atoms with Gasteiger partial charge in [0.15, 0.2) is 23.4 Å². The molecule has 2 aliphatic heterocycles. The average molecular weight is 476 g/mol. The van der Waals surface area contributed by atoms with Gasteiger partial charge in [-0.1, -0.05) is 6.07 Å². The Balaban J connectivity index is 1.43. The molecule has 9 nitrogen and oxygen atoms in total. The number of piperidine rings is 1. The molecule has 0 radical (unpaired) electrons. The van der Waals surface area contributed by atoms with Crippen molar-refractivity contribution in [3.05, 3.63) is 23.3 Å². The number of rotatable bonds is 10. The van der Waals surface area contributed by atoms with Gasteiger partial charge in [0.05, 0.1) is 45.0 Å². The van der Waals surface area contributed by atoms with Crippen LogP contribution in [-0.2, 0) is 40.4 Å². The molecule has 2 bridgehead atoms. The third-order valence-electron chi connectivity index (χ3n) is 8.01. The third kappa shape index (κ3) is 3.36. The number of esters is 1. The van der Waals surface area contributed by atoms with Gasteiger partial charge in [0.1, 0.15) is 12.2 Å². The molecular formula is C25H33NO8. The summed E-state index contributed by atoms with van der Waals surface area (Å²) in [5.41, 5.74) is 0.560. The summed E-state index contributed by atoms with van der Waals surface area (Å²) in [5, 5.41) is 0. The molecule has 2 heterocycles. The maximum absolute atomic E-state index is 13.2. The van der Waals surface area contributed by atoms with Crippen molar-refractivity contribution >= 4 is 11.8 Å². The Labute approximate surface area is 199 Å². The lowest BCUT2D eigenvalue weighted by molar-refractivity contribution is -0.216. The number of carbonyl (C=O) groups excluding carboxylic acids is 2.